The first-order valence-electron chi connectivity index (χ1n) is 6.30. The van der Waals surface area contributed by atoms with Crippen LogP contribution < -0.4 is 5.32 Å². The lowest BCUT2D eigenvalue weighted by Crippen LogP contribution is -2.15. The number of hydrogen-bond acceptors (Lipinski definition) is 3. The SMILES string of the molecule is CCc1nn(C)c(CNCc2ccc(O)cc2)c1Br. The van der Waals surface area contributed by atoms with E-state index < -0.39 is 0 Å². The summed E-state index contributed by atoms with van der Waals surface area (Å²) in [6.45, 7) is 3.62. The van der Waals surface area contributed by atoms with Gasteiger partial charge >= 0.3 is 0 Å². The monoisotopic (exact) mass is 323 g/mol. The maximum atomic E-state index is 9.22. The second-order valence-corrected chi connectivity index (χ2v) is 5.25. The van der Waals surface area contributed by atoms with Gasteiger partial charge in [-0.2, -0.15) is 5.10 Å². The molecule has 0 amide bonds. The van der Waals surface area contributed by atoms with Crippen molar-refractivity contribution in [3.63, 3.8) is 0 Å². The van der Waals surface area contributed by atoms with Crippen molar-refractivity contribution in [2.75, 3.05) is 0 Å². The molecule has 0 saturated carbocycles. The third kappa shape index (κ3) is 3.36. The number of aromatic nitrogens is 2. The summed E-state index contributed by atoms with van der Waals surface area (Å²) in [5.74, 6) is 0.297. The predicted molar refractivity (Wildman–Crippen MR) is 78.9 cm³/mol. The van der Waals surface area contributed by atoms with Gasteiger partial charge in [-0.05, 0) is 40.0 Å². The van der Waals surface area contributed by atoms with E-state index in [1.165, 1.54) is 0 Å². The molecule has 0 aliphatic rings. The van der Waals surface area contributed by atoms with Gasteiger partial charge in [0.05, 0.1) is 15.9 Å². The molecule has 1 aromatic carbocycles. The van der Waals surface area contributed by atoms with Gasteiger partial charge in [0.2, 0.25) is 0 Å². The van der Waals surface area contributed by atoms with Gasteiger partial charge in [0, 0.05) is 20.1 Å². The van der Waals surface area contributed by atoms with Crippen LogP contribution in [0.4, 0.5) is 0 Å². The summed E-state index contributed by atoms with van der Waals surface area (Å²) >= 11 is 3.60. The molecular formula is C14H18BrN3O. The first-order valence-corrected chi connectivity index (χ1v) is 7.10. The number of phenolic OH excluding ortho intramolecular Hbond substituents is 1. The van der Waals surface area contributed by atoms with E-state index in [9.17, 15) is 5.11 Å². The Kier molecular flexibility index (Phi) is 4.61. The van der Waals surface area contributed by atoms with Crippen molar-refractivity contribution in [1.82, 2.24) is 15.1 Å². The van der Waals surface area contributed by atoms with Crippen molar-refractivity contribution in [3.05, 3.63) is 45.7 Å². The number of nitrogens with one attached hydrogen (secondary N) is 1. The van der Waals surface area contributed by atoms with Crippen LogP contribution in [0.3, 0.4) is 0 Å². The average molecular weight is 324 g/mol. The normalized spacial score (nSPS) is 10.9. The molecule has 0 spiro atoms. The third-order valence-electron chi connectivity index (χ3n) is 3.06. The number of aromatic hydroxyl groups is 1. The summed E-state index contributed by atoms with van der Waals surface area (Å²) < 4.78 is 3.00. The van der Waals surface area contributed by atoms with Crippen LogP contribution in [-0.4, -0.2) is 14.9 Å². The Balaban J connectivity index is 1.96. The highest BCUT2D eigenvalue weighted by atomic mass is 79.9. The van der Waals surface area contributed by atoms with Crippen LogP contribution in [0, 0.1) is 0 Å². The molecule has 19 heavy (non-hydrogen) atoms. The van der Waals surface area contributed by atoms with Gasteiger partial charge < -0.3 is 10.4 Å². The van der Waals surface area contributed by atoms with Crippen LogP contribution in [0.15, 0.2) is 28.7 Å². The number of halogens is 1. The summed E-state index contributed by atoms with van der Waals surface area (Å²) in [6.07, 6.45) is 0.923. The minimum atomic E-state index is 0.297. The zero-order chi connectivity index (χ0) is 13.8. The summed E-state index contributed by atoms with van der Waals surface area (Å²) in [4.78, 5) is 0. The minimum absolute atomic E-state index is 0.297. The molecule has 102 valence electrons. The molecule has 5 heteroatoms. The van der Waals surface area contributed by atoms with E-state index in [-0.39, 0.29) is 0 Å². The van der Waals surface area contributed by atoms with E-state index >= 15 is 0 Å². The zero-order valence-electron chi connectivity index (χ0n) is 11.2. The number of aryl methyl sites for hydroxylation is 2. The molecule has 2 N–H and O–H groups in total. The largest absolute Gasteiger partial charge is 0.508 e. The van der Waals surface area contributed by atoms with E-state index in [1.807, 2.05) is 23.9 Å². The number of hydrogen-bond donors (Lipinski definition) is 2. The van der Waals surface area contributed by atoms with Gasteiger partial charge in [-0.3, -0.25) is 4.68 Å². The number of benzene rings is 1. The van der Waals surface area contributed by atoms with Crippen LogP contribution in [-0.2, 0) is 26.6 Å². The Morgan fingerprint density at radius 1 is 1.26 bits per heavy atom. The van der Waals surface area contributed by atoms with E-state index in [0.29, 0.717) is 5.75 Å². The van der Waals surface area contributed by atoms with Gasteiger partial charge in [0.15, 0.2) is 0 Å². The molecule has 0 aliphatic heterocycles. The van der Waals surface area contributed by atoms with Crippen LogP contribution >= 0.6 is 15.9 Å². The molecule has 1 heterocycles. The lowest BCUT2D eigenvalue weighted by atomic mass is 10.2. The Hall–Kier alpha value is -1.33. The fourth-order valence-corrected chi connectivity index (χ4v) is 2.71. The second-order valence-electron chi connectivity index (χ2n) is 4.45. The zero-order valence-corrected chi connectivity index (χ0v) is 12.7. The van der Waals surface area contributed by atoms with Gasteiger partial charge in [-0.15, -0.1) is 0 Å². The standard InChI is InChI=1S/C14H18BrN3O/c1-3-12-14(15)13(18(2)17-12)9-16-8-10-4-6-11(19)7-5-10/h4-7,16,19H,3,8-9H2,1-2H3. The highest BCUT2D eigenvalue weighted by Gasteiger charge is 2.11. The van der Waals surface area contributed by atoms with Crippen LogP contribution in [0.5, 0.6) is 5.75 Å². The van der Waals surface area contributed by atoms with E-state index in [2.05, 4.69) is 33.3 Å². The van der Waals surface area contributed by atoms with Crippen molar-refractivity contribution < 1.29 is 5.11 Å². The molecule has 0 atom stereocenters. The van der Waals surface area contributed by atoms with Crippen molar-refractivity contribution >= 4 is 15.9 Å². The molecule has 0 unspecified atom stereocenters. The smallest absolute Gasteiger partial charge is 0.115 e. The molecule has 0 radical (unpaired) electrons. The number of phenols is 1. The summed E-state index contributed by atoms with van der Waals surface area (Å²) in [7, 11) is 1.96. The molecule has 4 nitrogen and oxygen atoms in total. The highest BCUT2D eigenvalue weighted by Crippen LogP contribution is 2.21. The van der Waals surface area contributed by atoms with E-state index in [4.69, 9.17) is 0 Å². The van der Waals surface area contributed by atoms with Crippen LogP contribution in [0.2, 0.25) is 0 Å². The highest BCUT2D eigenvalue weighted by molar-refractivity contribution is 9.10. The quantitative estimate of drug-likeness (QED) is 0.889. The lowest BCUT2D eigenvalue weighted by molar-refractivity contribution is 0.475. The second kappa shape index (κ2) is 6.21. The molecule has 0 aliphatic carbocycles. The molecule has 1 aromatic heterocycles. The molecule has 0 saturated heterocycles. The van der Waals surface area contributed by atoms with Crippen molar-refractivity contribution in [3.8, 4) is 5.75 Å². The molecule has 0 fully saturated rings. The first kappa shape index (κ1) is 14.1. The minimum Gasteiger partial charge on any atom is -0.508 e. The Morgan fingerprint density at radius 3 is 2.53 bits per heavy atom. The molecule has 2 rings (SSSR count). The fourth-order valence-electron chi connectivity index (χ4n) is 1.95. The van der Waals surface area contributed by atoms with Gasteiger partial charge in [-0.1, -0.05) is 19.1 Å². The third-order valence-corrected chi connectivity index (χ3v) is 3.98. The van der Waals surface area contributed by atoms with Crippen LogP contribution in [0.25, 0.3) is 0 Å². The molecule has 0 bridgehead atoms. The van der Waals surface area contributed by atoms with E-state index in [1.54, 1.807) is 12.1 Å². The van der Waals surface area contributed by atoms with Crippen molar-refractivity contribution in [1.29, 1.82) is 0 Å². The Bertz CT molecular complexity index is 549. The molecule has 2 aromatic rings. The maximum absolute atomic E-state index is 9.22. The number of rotatable bonds is 5. The van der Waals surface area contributed by atoms with Gasteiger partial charge in [-0.25, -0.2) is 0 Å². The van der Waals surface area contributed by atoms with E-state index in [0.717, 1.165) is 40.9 Å². The first-order chi connectivity index (χ1) is 9.11. The van der Waals surface area contributed by atoms with Crippen molar-refractivity contribution in [2.24, 2.45) is 7.05 Å². The summed E-state index contributed by atoms with van der Waals surface area (Å²) in [5, 5.41) is 17.1. The topological polar surface area (TPSA) is 50.1 Å². The molecular weight excluding hydrogens is 306 g/mol. The predicted octanol–water partition coefficient (Wildman–Crippen LogP) is 2.74. The van der Waals surface area contributed by atoms with Crippen LogP contribution in [0.1, 0.15) is 23.9 Å². The Labute approximate surface area is 121 Å². The van der Waals surface area contributed by atoms with Gasteiger partial charge in [0.1, 0.15) is 5.75 Å². The summed E-state index contributed by atoms with van der Waals surface area (Å²) in [6, 6.07) is 7.23. The average Bonchev–Trinajstić information content (AvgIpc) is 2.68. The van der Waals surface area contributed by atoms with Gasteiger partial charge in [0.25, 0.3) is 0 Å². The Morgan fingerprint density at radius 2 is 1.95 bits per heavy atom. The lowest BCUT2D eigenvalue weighted by Gasteiger charge is -2.06. The maximum Gasteiger partial charge on any atom is 0.115 e. The van der Waals surface area contributed by atoms with Crippen molar-refractivity contribution in [2.45, 2.75) is 26.4 Å². The fraction of sp³-hybridized carbons (Fsp3) is 0.357. The summed E-state index contributed by atoms with van der Waals surface area (Å²) in [5.41, 5.74) is 3.38. The number of nitrogens with zero attached hydrogens (tertiary/aromatic N) is 2.